The van der Waals surface area contributed by atoms with Gasteiger partial charge in [-0.3, -0.25) is 14.6 Å². The first-order valence-electron chi connectivity index (χ1n) is 10.2. The average Bonchev–Trinajstić information content (AvgIpc) is 3.19. The molecule has 0 radical (unpaired) electrons. The summed E-state index contributed by atoms with van der Waals surface area (Å²) in [7, 11) is 0. The number of hydrogen-bond acceptors (Lipinski definition) is 7. The highest BCUT2D eigenvalue weighted by molar-refractivity contribution is 5.91. The largest absolute Gasteiger partial charge is 0.480 e. The van der Waals surface area contributed by atoms with Gasteiger partial charge in [0.15, 0.2) is 5.96 Å². The third kappa shape index (κ3) is 11.9. The highest BCUT2D eigenvalue weighted by Gasteiger charge is 2.27. The molecule has 0 spiro atoms. The maximum atomic E-state index is 12.8. The van der Waals surface area contributed by atoms with Crippen molar-refractivity contribution in [2.24, 2.45) is 16.5 Å². The minimum atomic E-state index is -1.25. The van der Waals surface area contributed by atoms with E-state index in [-0.39, 0.29) is 25.3 Å². The second kappa shape index (κ2) is 12.9. The highest BCUT2D eigenvalue weighted by atomic mass is 16.6. The molecular formula is C19H32N8O6. The van der Waals surface area contributed by atoms with Crippen LogP contribution < -0.4 is 27.4 Å². The number of nitrogens with one attached hydrogen (secondary N) is 4. The van der Waals surface area contributed by atoms with Crippen molar-refractivity contribution in [1.82, 2.24) is 25.9 Å². The molecule has 1 rings (SSSR count). The van der Waals surface area contributed by atoms with Gasteiger partial charge in [0.2, 0.25) is 11.8 Å². The summed E-state index contributed by atoms with van der Waals surface area (Å²) in [5.41, 5.74) is 10.3. The lowest BCUT2D eigenvalue weighted by atomic mass is 10.1. The number of nitrogens with zero attached hydrogens (tertiary/aromatic N) is 2. The van der Waals surface area contributed by atoms with Gasteiger partial charge < -0.3 is 42.2 Å². The number of ether oxygens (including phenoxy) is 1. The molecule has 0 saturated carbocycles. The molecule has 1 aromatic heterocycles. The molecule has 1 aromatic rings. The van der Waals surface area contributed by atoms with E-state index in [1.807, 2.05) is 0 Å². The summed E-state index contributed by atoms with van der Waals surface area (Å²) < 4.78 is 5.05. The Morgan fingerprint density at radius 1 is 1.21 bits per heavy atom. The number of carbonyl (C=O) groups is 4. The monoisotopic (exact) mass is 468 g/mol. The third-order valence-corrected chi connectivity index (χ3v) is 3.98. The van der Waals surface area contributed by atoms with E-state index in [9.17, 15) is 24.3 Å². The zero-order valence-corrected chi connectivity index (χ0v) is 18.9. The molecule has 0 aliphatic rings. The molecule has 0 aliphatic carbocycles. The predicted molar refractivity (Wildman–Crippen MR) is 118 cm³/mol. The van der Waals surface area contributed by atoms with Crippen LogP contribution in [0.4, 0.5) is 4.79 Å². The first-order valence-corrected chi connectivity index (χ1v) is 10.2. The molecule has 0 fully saturated rings. The number of aliphatic carboxylic acids is 1. The number of hydrogen-bond donors (Lipinski definition) is 7. The van der Waals surface area contributed by atoms with Crippen LogP contribution in [-0.4, -0.2) is 75.7 Å². The molecule has 184 valence electrons. The van der Waals surface area contributed by atoms with Gasteiger partial charge in [0.1, 0.15) is 24.2 Å². The molecule has 14 heteroatoms. The number of H-pyrrole nitrogens is 1. The number of alkyl carbamates (subject to hydrolysis) is 1. The van der Waals surface area contributed by atoms with E-state index in [4.69, 9.17) is 16.2 Å². The van der Waals surface area contributed by atoms with Crippen molar-refractivity contribution in [2.45, 2.75) is 57.7 Å². The Balaban J connectivity index is 2.76. The van der Waals surface area contributed by atoms with Crippen molar-refractivity contribution in [3.8, 4) is 0 Å². The van der Waals surface area contributed by atoms with Crippen LogP contribution in [0.5, 0.6) is 0 Å². The van der Waals surface area contributed by atoms with Gasteiger partial charge in [0, 0.05) is 24.9 Å². The molecular weight excluding hydrogens is 436 g/mol. The Morgan fingerprint density at radius 2 is 1.91 bits per heavy atom. The summed E-state index contributed by atoms with van der Waals surface area (Å²) in [5, 5.41) is 16.6. The van der Waals surface area contributed by atoms with E-state index in [0.29, 0.717) is 12.1 Å². The van der Waals surface area contributed by atoms with Crippen molar-refractivity contribution in [1.29, 1.82) is 0 Å². The molecule has 33 heavy (non-hydrogen) atoms. The van der Waals surface area contributed by atoms with Crippen molar-refractivity contribution in [2.75, 3.05) is 13.1 Å². The molecule has 0 aliphatic heterocycles. The standard InChI is InChI=1S/C19H32N8O6/c1-19(2,3)33-18(32)24-9-14(28)26-12(5-4-6-23-17(20)21)15(29)27-13(16(30)31)7-11-8-22-10-25-11/h8,10,12-13H,4-7,9H2,1-3H3,(H,22,25)(H,24,32)(H,26,28)(H,27,29)(H,30,31)(H4,20,21,23). The van der Waals surface area contributed by atoms with Crippen molar-refractivity contribution >= 4 is 29.8 Å². The normalized spacial score (nSPS) is 12.7. The van der Waals surface area contributed by atoms with Crippen molar-refractivity contribution in [3.05, 3.63) is 18.2 Å². The number of amides is 3. The lowest BCUT2D eigenvalue weighted by molar-refractivity contribution is -0.142. The van der Waals surface area contributed by atoms with Gasteiger partial charge in [-0.2, -0.15) is 0 Å². The van der Waals surface area contributed by atoms with Crippen LogP contribution in [0, 0.1) is 0 Å². The fourth-order valence-corrected chi connectivity index (χ4v) is 2.57. The third-order valence-electron chi connectivity index (χ3n) is 3.98. The number of imidazole rings is 1. The zero-order valence-electron chi connectivity index (χ0n) is 18.9. The Morgan fingerprint density at radius 3 is 2.45 bits per heavy atom. The summed E-state index contributed by atoms with van der Waals surface area (Å²) in [6, 6.07) is -2.34. The predicted octanol–water partition coefficient (Wildman–Crippen LogP) is -1.42. The summed E-state index contributed by atoms with van der Waals surface area (Å²) in [6.07, 6.45) is 2.46. The van der Waals surface area contributed by atoms with Crippen LogP contribution >= 0.6 is 0 Å². The fourth-order valence-electron chi connectivity index (χ4n) is 2.57. The Hall–Kier alpha value is -3.84. The van der Waals surface area contributed by atoms with Crippen LogP contribution in [0.1, 0.15) is 39.3 Å². The number of guanidine groups is 1. The van der Waals surface area contributed by atoms with Crippen LogP contribution in [-0.2, 0) is 25.5 Å². The highest BCUT2D eigenvalue weighted by Crippen LogP contribution is 2.06. The molecule has 2 unspecified atom stereocenters. The van der Waals surface area contributed by atoms with Crippen LogP contribution in [0.3, 0.4) is 0 Å². The molecule has 0 aromatic carbocycles. The van der Waals surface area contributed by atoms with Gasteiger partial charge >= 0.3 is 12.1 Å². The number of carboxylic acids is 1. The number of carboxylic acid groups (broad SMARTS) is 1. The molecule has 1 heterocycles. The SMILES string of the molecule is CC(C)(C)OC(=O)NCC(=O)NC(CCCN=C(N)N)C(=O)NC(Cc1cnc[nH]1)C(=O)O. The summed E-state index contributed by atoms with van der Waals surface area (Å²) in [4.78, 5) is 58.8. The number of carbonyl (C=O) groups excluding carboxylic acids is 3. The van der Waals surface area contributed by atoms with E-state index in [1.165, 1.54) is 12.5 Å². The molecule has 0 saturated heterocycles. The van der Waals surface area contributed by atoms with E-state index in [2.05, 4.69) is 30.9 Å². The van der Waals surface area contributed by atoms with Crippen molar-refractivity contribution < 1.29 is 29.0 Å². The Bertz CT molecular complexity index is 830. The zero-order chi connectivity index (χ0) is 25.0. The number of aliphatic imine (C=N–C) groups is 1. The lowest BCUT2D eigenvalue weighted by Gasteiger charge is -2.22. The maximum absolute atomic E-state index is 12.8. The number of aromatic amines is 1. The van der Waals surface area contributed by atoms with Gasteiger partial charge in [-0.1, -0.05) is 0 Å². The number of aromatic nitrogens is 2. The average molecular weight is 469 g/mol. The molecule has 3 amide bonds. The first-order chi connectivity index (χ1) is 15.4. The fraction of sp³-hybridized carbons (Fsp3) is 0.579. The van der Waals surface area contributed by atoms with Crippen LogP contribution in [0.2, 0.25) is 0 Å². The quantitative estimate of drug-likeness (QED) is 0.108. The van der Waals surface area contributed by atoms with E-state index in [1.54, 1.807) is 20.8 Å². The second-order valence-corrected chi connectivity index (χ2v) is 8.10. The maximum Gasteiger partial charge on any atom is 0.408 e. The van der Waals surface area contributed by atoms with Crippen LogP contribution in [0.25, 0.3) is 0 Å². The molecule has 2 atom stereocenters. The Kier molecular flexibility index (Phi) is 10.6. The van der Waals surface area contributed by atoms with Crippen LogP contribution in [0.15, 0.2) is 17.5 Å². The van der Waals surface area contributed by atoms with E-state index < -0.39 is 48.1 Å². The number of rotatable bonds is 12. The van der Waals surface area contributed by atoms with Gasteiger partial charge in [-0.15, -0.1) is 0 Å². The summed E-state index contributed by atoms with van der Waals surface area (Å²) >= 11 is 0. The van der Waals surface area contributed by atoms with Gasteiger partial charge in [-0.25, -0.2) is 14.6 Å². The van der Waals surface area contributed by atoms with Gasteiger partial charge in [-0.05, 0) is 33.6 Å². The van der Waals surface area contributed by atoms with Gasteiger partial charge in [0.05, 0.1) is 6.33 Å². The number of nitrogens with two attached hydrogens (primary N) is 2. The summed E-state index contributed by atoms with van der Waals surface area (Å²) in [5.74, 6) is -2.75. The topological polar surface area (TPSA) is 227 Å². The lowest BCUT2D eigenvalue weighted by Crippen LogP contribution is -2.53. The second-order valence-electron chi connectivity index (χ2n) is 8.10. The van der Waals surface area contributed by atoms with Gasteiger partial charge in [0.25, 0.3) is 0 Å². The Labute approximate surface area is 190 Å². The molecule has 14 nitrogen and oxygen atoms in total. The molecule has 9 N–H and O–H groups in total. The first kappa shape index (κ1) is 27.2. The van der Waals surface area contributed by atoms with E-state index in [0.717, 1.165) is 0 Å². The smallest absolute Gasteiger partial charge is 0.408 e. The minimum absolute atomic E-state index is 0.0318. The molecule has 0 bridgehead atoms. The summed E-state index contributed by atoms with van der Waals surface area (Å²) in [6.45, 7) is 4.78. The van der Waals surface area contributed by atoms with Crippen molar-refractivity contribution in [3.63, 3.8) is 0 Å². The minimum Gasteiger partial charge on any atom is -0.480 e. The van der Waals surface area contributed by atoms with E-state index >= 15 is 0 Å².